The van der Waals surface area contributed by atoms with Crippen molar-refractivity contribution in [2.75, 3.05) is 19.7 Å². The molecule has 0 aromatic heterocycles. The Kier molecular flexibility index (Phi) is 5.49. The maximum atomic E-state index is 11.8. The molecule has 0 aliphatic heterocycles. The second-order valence-electron chi connectivity index (χ2n) is 3.50. The summed E-state index contributed by atoms with van der Waals surface area (Å²) in [5.74, 6) is 0.0545. The number of benzene rings is 1. The highest BCUT2D eigenvalue weighted by Gasteiger charge is 2.11. The molecule has 3 nitrogen and oxygen atoms in total. The van der Waals surface area contributed by atoms with E-state index in [1.807, 2.05) is 31.2 Å². The van der Waals surface area contributed by atoms with E-state index in [-0.39, 0.29) is 12.5 Å². The molecular formula is C12H16BrNO2. The van der Waals surface area contributed by atoms with Gasteiger partial charge in [-0.15, -0.1) is 0 Å². The van der Waals surface area contributed by atoms with Crippen molar-refractivity contribution in [3.05, 3.63) is 34.3 Å². The lowest BCUT2D eigenvalue weighted by molar-refractivity contribution is -0.130. The van der Waals surface area contributed by atoms with Crippen LogP contribution in [0.5, 0.6) is 0 Å². The van der Waals surface area contributed by atoms with E-state index in [9.17, 15) is 4.79 Å². The van der Waals surface area contributed by atoms with E-state index in [0.29, 0.717) is 19.5 Å². The third-order valence-corrected chi connectivity index (χ3v) is 2.90. The zero-order valence-electron chi connectivity index (χ0n) is 9.32. The normalized spacial score (nSPS) is 10.2. The first-order valence-corrected chi connectivity index (χ1v) is 6.09. The molecule has 0 fully saturated rings. The average molecular weight is 286 g/mol. The highest BCUT2D eigenvalue weighted by Crippen LogP contribution is 2.11. The highest BCUT2D eigenvalue weighted by molar-refractivity contribution is 9.10. The molecule has 0 aliphatic rings. The molecule has 0 radical (unpaired) electrons. The quantitative estimate of drug-likeness (QED) is 0.897. The maximum absolute atomic E-state index is 11.8. The molecule has 0 unspecified atom stereocenters. The summed E-state index contributed by atoms with van der Waals surface area (Å²) in [5, 5.41) is 8.82. The Morgan fingerprint density at radius 2 is 2.00 bits per heavy atom. The van der Waals surface area contributed by atoms with E-state index in [2.05, 4.69) is 15.9 Å². The van der Waals surface area contributed by atoms with Crippen LogP contribution >= 0.6 is 15.9 Å². The van der Waals surface area contributed by atoms with Gasteiger partial charge in [-0.3, -0.25) is 4.79 Å². The summed E-state index contributed by atoms with van der Waals surface area (Å²) >= 11 is 3.35. The van der Waals surface area contributed by atoms with Crippen LogP contribution in [-0.4, -0.2) is 35.6 Å². The van der Waals surface area contributed by atoms with Crippen molar-refractivity contribution in [1.82, 2.24) is 4.90 Å². The minimum absolute atomic E-state index is 0.0138. The van der Waals surface area contributed by atoms with Gasteiger partial charge in [-0.25, -0.2) is 0 Å². The first kappa shape index (κ1) is 13.2. The Hall–Kier alpha value is -0.870. The zero-order chi connectivity index (χ0) is 12.0. The molecular weight excluding hydrogens is 270 g/mol. The van der Waals surface area contributed by atoms with Crippen LogP contribution in [0.1, 0.15) is 12.5 Å². The Morgan fingerprint density at radius 3 is 2.50 bits per heavy atom. The number of rotatable bonds is 5. The Bertz CT molecular complexity index is 337. The number of aliphatic hydroxyl groups excluding tert-OH is 1. The lowest BCUT2D eigenvalue weighted by Gasteiger charge is -2.19. The molecule has 0 saturated carbocycles. The van der Waals surface area contributed by atoms with Gasteiger partial charge in [-0.05, 0) is 24.6 Å². The van der Waals surface area contributed by atoms with Gasteiger partial charge in [0.1, 0.15) is 0 Å². The van der Waals surface area contributed by atoms with Crippen molar-refractivity contribution in [1.29, 1.82) is 0 Å². The van der Waals surface area contributed by atoms with Crippen molar-refractivity contribution in [2.45, 2.75) is 13.3 Å². The van der Waals surface area contributed by atoms with Gasteiger partial charge in [0, 0.05) is 17.6 Å². The molecule has 88 valence electrons. The van der Waals surface area contributed by atoms with Crippen molar-refractivity contribution in [3.63, 3.8) is 0 Å². The molecule has 1 rings (SSSR count). The SMILES string of the molecule is CCN(CCO)C(=O)Cc1ccc(Br)cc1. The molecule has 16 heavy (non-hydrogen) atoms. The van der Waals surface area contributed by atoms with Gasteiger partial charge in [-0.2, -0.15) is 0 Å². The number of amides is 1. The minimum Gasteiger partial charge on any atom is -0.395 e. The van der Waals surface area contributed by atoms with Crippen LogP contribution in [0.25, 0.3) is 0 Å². The van der Waals surface area contributed by atoms with Crippen molar-refractivity contribution in [3.8, 4) is 0 Å². The van der Waals surface area contributed by atoms with Crippen LogP contribution in [0.4, 0.5) is 0 Å². The third kappa shape index (κ3) is 3.94. The largest absolute Gasteiger partial charge is 0.395 e. The summed E-state index contributed by atoms with van der Waals surface area (Å²) in [5.41, 5.74) is 0.990. The van der Waals surface area contributed by atoms with Crippen LogP contribution < -0.4 is 0 Å². The topological polar surface area (TPSA) is 40.5 Å². The van der Waals surface area contributed by atoms with E-state index >= 15 is 0 Å². The fourth-order valence-electron chi connectivity index (χ4n) is 1.47. The van der Waals surface area contributed by atoms with Crippen LogP contribution in [0.3, 0.4) is 0 Å². The predicted octanol–water partition coefficient (Wildman–Crippen LogP) is 1.83. The lowest BCUT2D eigenvalue weighted by Crippen LogP contribution is -2.34. The van der Waals surface area contributed by atoms with E-state index in [1.54, 1.807) is 4.90 Å². The third-order valence-electron chi connectivity index (χ3n) is 2.37. The summed E-state index contributed by atoms with van der Waals surface area (Å²) < 4.78 is 1.01. The average Bonchev–Trinajstić information content (AvgIpc) is 2.29. The standard InChI is InChI=1S/C12H16BrNO2/c1-2-14(7-8-15)12(16)9-10-3-5-11(13)6-4-10/h3-6,15H,2,7-9H2,1H3. The molecule has 1 N–H and O–H groups in total. The Balaban J connectivity index is 2.59. The number of aliphatic hydroxyl groups is 1. The summed E-state index contributed by atoms with van der Waals surface area (Å²) in [6, 6.07) is 7.69. The molecule has 1 aromatic rings. The number of carbonyl (C=O) groups is 1. The van der Waals surface area contributed by atoms with E-state index in [1.165, 1.54) is 0 Å². The predicted molar refractivity (Wildman–Crippen MR) is 67.2 cm³/mol. The number of hydrogen-bond donors (Lipinski definition) is 1. The first-order chi connectivity index (χ1) is 7.67. The molecule has 1 amide bonds. The maximum Gasteiger partial charge on any atom is 0.227 e. The first-order valence-electron chi connectivity index (χ1n) is 5.30. The van der Waals surface area contributed by atoms with Crippen molar-refractivity contribution < 1.29 is 9.90 Å². The Labute approximate surface area is 104 Å². The molecule has 0 heterocycles. The second kappa shape index (κ2) is 6.66. The summed E-state index contributed by atoms with van der Waals surface area (Å²) in [6.07, 6.45) is 0.390. The van der Waals surface area contributed by atoms with E-state index in [0.717, 1.165) is 10.0 Å². The number of likely N-dealkylation sites (N-methyl/N-ethyl adjacent to an activating group) is 1. The Morgan fingerprint density at radius 1 is 1.38 bits per heavy atom. The monoisotopic (exact) mass is 285 g/mol. The highest BCUT2D eigenvalue weighted by atomic mass is 79.9. The lowest BCUT2D eigenvalue weighted by atomic mass is 10.1. The van der Waals surface area contributed by atoms with Crippen LogP contribution in [-0.2, 0) is 11.2 Å². The number of carbonyl (C=O) groups excluding carboxylic acids is 1. The number of halogens is 1. The van der Waals surface area contributed by atoms with Crippen molar-refractivity contribution in [2.24, 2.45) is 0 Å². The van der Waals surface area contributed by atoms with Gasteiger partial charge in [0.05, 0.1) is 13.0 Å². The van der Waals surface area contributed by atoms with Crippen LogP contribution in [0.15, 0.2) is 28.7 Å². The molecule has 4 heteroatoms. The summed E-state index contributed by atoms with van der Waals surface area (Å²) in [7, 11) is 0. The number of hydrogen-bond acceptors (Lipinski definition) is 2. The minimum atomic E-state index is 0.0138. The van der Waals surface area contributed by atoms with Gasteiger partial charge >= 0.3 is 0 Å². The van der Waals surface area contributed by atoms with Crippen LogP contribution in [0, 0.1) is 0 Å². The summed E-state index contributed by atoms with van der Waals surface area (Å²) in [4.78, 5) is 13.5. The van der Waals surface area contributed by atoms with Crippen LogP contribution in [0.2, 0.25) is 0 Å². The van der Waals surface area contributed by atoms with E-state index < -0.39 is 0 Å². The van der Waals surface area contributed by atoms with Crippen molar-refractivity contribution >= 4 is 21.8 Å². The molecule has 0 atom stereocenters. The molecule has 0 spiro atoms. The van der Waals surface area contributed by atoms with Gasteiger partial charge in [-0.1, -0.05) is 28.1 Å². The van der Waals surface area contributed by atoms with Gasteiger partial charge in [0.2, 0.25) is 5.91 Å². The van der Waals surface area contributed by atoms with Gasteiger partial charge in [0.25, 0.3) is 0 Å². The number of nitrogens with zero attached hydrogens (tertiary/aromatic N) is 1. The fraction of sp³-hybridized carbons (Fsp3) is 0.417. The molecule has 0 aliphatic carbocycles. The van der Waals surface area contributed by atoms with Gasteiger partial charge < -0.3 is 10.0 Å². The smallest absolute Gasteiger partial charge is 0.227 e. The molecule has 1 aromatic carbocycles. The zero-order valence-corrected chi connectivity index (χ0v) is 10.9. The van der Waals surface area contributed by atoms with Gasteiger partial charge in [0.15, 0.2) is 0 Å². The molecule has 0 saturated heterocycles. The van der Waals surface area contributed by atoms with E-state index in [4.69, 9.17) is 5.11 Å². The fourth-order valence-corrected chi connectivity index (χ4v) is 1.73. The second-order valence-corrected chi connectivity index (χ2v) is 4.42. The summed E-state index contributed by atoms with van der Waals surface area (Å²) in [6.45, 7) is 2.97. The molecule has 0 bridgehead atoms.